The number of thiol groups is 1. The van der Waals surface area contributed by atoms with Crippen LogP contribution in [-0.2, 0) is 0 Å². The van der Waals surface area contributed by atoms with Crippen molar-refractivity contribution in [1.82, 2.24) is 19.9 Å². The van der Waals surface area contributed by atoms with Crippen molar-refractivity contribution < 1.29 is 0 Å². The normalized spacial score (nSPS) is 10.9. The largest absolute Gasteiger partial charge is 0.338 e. The number of hydrogen-bond donors (Lipinski definition) is 4. The van der Waals surface area contributed by atoms with Gasteiger partial charge in [-0.3, -0.25) is 0 Å². The molecule has 0 bridgehead atoms. The Morgan fingerprint density at radius 3 is 2.62 bits per heavy atom. The minimum absolute atomic E-state index is 0.547. The predicted octanol–water partition coefficient (Wildman–Crippen LogP) is 5.09. The molecule has 4 rings (SSSR count). The summed E-state index contributed by atoms with van der Waals surface area (Å²) in [6.07, 6.45) is 1.49. The maximum atomic E-state index is 6.28. The molecule has 4 aromatic rings. The fourth-order valence-corrected chi connectivity index (χ4v) is 2.99. The molecule has 0 atom stereocenters. The molecule has 0 aliphatic carbocycles. The molecule has 0 fully saturated rings. The third-order valence-corrected chi connectivity index (χ3v) is 4.49. The minimum Gasteiger partial charge on any atom is -0.338 e. The lowest BCUT2D eigenvalue weighted by Gasteiger charge is -2.08. The molecular formula is C18H15ClN6S. The van der Waals surface area contributed by atoms with Crippen molar-refractivity contribution in [3.63, 3.8) is 0 Å². The Labute approximate surface area is 160 Å². The van der Waals surface area contributed by atoms with Gasteiger partial charge in [-0.2, -0.15) is 0 Å². The standard InChI is InChI=1S/C18H15ClN6S/c1-10-3-2-4-13(19)14(10)23-18-24-15-16(20-9-21-17(15)25-18)22-11-5-7-12(26)8-6-11/h2-9,26H,1H3,(H3,20,21,22,23,24,25). The van der Waals surface area contributed by atoms with Crippen LogP contribution in [0.3, 0.4) is 0 Å². The third kappa shape index (κ3) is 3.31. The summed E-state index contributed by atoms with van der Waals surface area (Å²) in [5.74, 6) is 1.16. The van der Waals surface area contributed by atoms with E-state index in [0.29, 0.717) is 28.0 Å². The maximum Gasteiger partial charge on any atom is 0.207 e. The van der Waals surface area contributed by atoms with Crippen LogP contribution in [0.15, 0.2) is 53.7 Å². The molecule has 0 amide bonds. The van der Waals surface area contributed by atoms with Crippen LogP contribution in [0.4, 0.5) is 23.1 Å². The predicted molar refractivity (Wildman–Crippen MR) is 108 cm³/mol. The highest BCUT2D eigenvalue weighted by molar-refractivity contribution is 7.80. The Morgan fingerprint density at radius 2 is 1.85 bits per heavy atom. The number of aromatic nitrogens is 4. The molecule has 0 saturated heterocycles. The first-order valence-corrected chi connectivity index (χ1v) is 8.71. The summed E-state index contributed by atoms with van der Waals surface area (Å²) >= 11 is 10.6. The number of imidazole rings is 1. The third-order valence-electron chi connectivity index (χ3n) is 3.88. The summed E-state index contributed by atoms with van der Waals surface area (Å²) in [6, 6.07) is 13.4. The SMILES string of the molecule is Cc1cccc(Cl)c1Nc1nc2c(Nc3ccc(S)cc3)ncnc2[nH]1. The number of hydrogen-bond acceptors (Lipinski definition) is 6. The second kappa shape index (κ2) is 6.86. The van der Waals surface area contributed by atoms with Crippen LogP contribution in [0.1, 0.15) is 5.56 Å². The number of aromatic amines is 1. The number of anilines is 4. The molecule has 0 radical (unpaired) electrons. The van der Waals surface area contributed by atoms with Crippen molar-refractivity contribution in [1.29, 1.82) is 0 Å². The number of aryl methyl sites for hydroxylation is 1. The second-order valence-corrected chi connectivity index (χ2v) is 6.66. The lowest BCUT2D eigenvalue weighted by molar-refractivity contribution is 1.20. The minimum atomic E-state index is 0.547. The van der Waals surface area contributed by atoms with Gasteiger partial charge >= 0.3 is 0 Å². The van der Waals surface area contributed by atoms with Gasteiger partial charge in [0.05, 0.1) is 10.7 Å². The highest BCUT2D eigenvalue weighted by Gasteiger charge is 2.12. The Bertz CT molecular complexity index is 1060. The molecule has 3 N–H and O–H groups in total. The van der Waals surface area contributed by atoms with Crippen molar-refractivity contribution in [2.75, 3.05) is 10.6 Å². The topological polar surface area (TPSA) is 78.5 Å². The van der Waals surface area contributed by atoms with E-state index in [9.17, 15) is 0 Å². The molecular weight excluding hydrogens is 368 g/mol. The first-order valence-electron chi connectivity index (χ1n) is 7.89. The molecule has 26 heavy (non-hydrogen) atoms. The zero-order chi connectivity index (χ0) is 18.1. The average molecular weight is 383 g/mol. The van der Waals surface area contributed by atoms with Gasteiger partial charge in [0, 0.05) is 10.6 Å². The molecule has 0 spiro atoms. The summed E-state index contributed by atoms with van der Waals surface area (Å²) < 4.78 is 0. The van der Waals surface area contributed by atoms with Gasteiger partial charge in [-0.25, -0.2) is 15.0 Å². The lowest BCUT2D eigenvalue weighted by Crippen LogP contribution is -1.96. The van der Waals surface area contributed by atoms with Crippen molar-refractivity contribution in [2.24, 2.45) is 0 Å². The number of benzene rings is 2. The Kier molecular flexibility index (Phi) is 4.40. The van der Waals surface area contributed by atoms with Crippen LogP contribution in [0.5, 0.6) is 0 Å². The highest BCUT2D eigenvalue weighted by atomic mass is 35.5. The molecule has 2 aromatic heterocycles. The Morgan fingerprint density at radius 1 is 1.04 bits per heavy atom. The maximum absolute atomic E-state index is 6.28. The van der Waals surface area contributed by atoms with E-state index in [1.807, 2.05) is 49.4 Å². The van der Waals surface area contributed by atoms with Gasteiger partial charge in [-0.1, -0.05) is 23.7 Å². The fourth-order valence-electron chi connectivity index (χ4n) is 2.57. The van der Waals surface area contributed by atoms with Gasteiger partial charge in [-0.05, 0) is 42.8 Å². The Hall–Kier alpha value is -2.77. The van der Waals surface area contributed by atoms with Gasteiger partial charge in [0.25, 0.3) is 0 Å². The van der Waals surface area contributed by atoms with E-state index in [1.165, 1.54) is 6.33 Å². The number of halogens is 1. The van der Waals surface area contributed by atoms with E-state index < -0.39 is 0 Å². The van der Waals surface area contributed by atoms with Crippen LogP contribution >= 0.6 is 24.2 Å². The van der Waals surface area contributed by atoms with E-state index in [0.717, 1.165) is 21.8 Å². The monoisotopic (exact) mass is 382 g/mol. The first-order chi connectivity index (χ1) is 12.6. The van der Waals surface area contributed by atoms with Gasteiger partial charge in [0.1, 0.15) is 6.33 Å². The molecule has 130 valence electrons. The summed E-state index contributed by atoms with van der Waals surface area (Å²) in [6.45, 7) is 1.98. The molecule has 0 saturated carbocycles. The van der Waals surface area contributed by atoms with E-state index in [4.69, 9.17) is 11.6 Å². The smallest absolute Gasteiger partial charge is 0.207 e. The van der Waals surface area contributed by atoms with Crippen LogP contribution in [0.25, 0.3) is 11.2 Å². The fraction of sp³-hybridized carbons (Fsp3) is 0.0556. The van der Waals surface area contributed by atoms with Crippen LogP contribution in [0, 0.1) is 6.92 Å². The number of fused-ring (bicyclic) bond motifs is 1. The molecule has 0 aliphatic rings. The van der Waals surface area contributed by atoms with Gasteiger partial charge in [0.15, 0.2) is 17.0 Å². The molecule has 2 aromatic carbocycles. The molecule has 0 aliphatic heterocycles. The van der Waals surface area contributed by atoms with Crippen LogP contribution < -0.4 is 10.6 Å². The van der Waals surface area contributed by atoms with Crippen molar-refractivity contribution in [2.45, 2.75) is 11.8 Å². The summed E-state index contributed by atoms with van der Waals surface area (Å²) in [5.41, 5.74) is 3.98. The lowest BCUT2D eigenvalue weighted by atomic mass is 10.2. The van der Waals surface area contributed by atoms with E-state index in [1.54, 1.807) is 0 Å². The first kappa shape index (κ1) is 16.7. The average Bonchev–Trinajstić information content (AvgIpc) is 3.04. The number of nitrogens with zero attached hydrogens (tertiary/aromatic N) is 3. The van der Waals surface area contributed by atoms with E-state index in [-0.39, 0.29) is 0 Å². The zero-order valence-electron chi connectivity index (χ0n) is 13.8. The number of nitrogens with one attached hydrogen (secondary N) is 3. The molecule has 2 heterocycles. The number of para-hydroxylation sites is 1. The van der Waals surface area contributed by atoms with Gasteiger partial charge < -0.3 is 15.6 Å². The zero-order valence-corrected chi connectivity index (χ0v) is 15.4. The van der Waals surface area contributed by atoms with Gasteiger partial charge in [0.2, 0.25) is 5.95 Å². The van der Waals surface area contributed by atoms with E-state index >= 15 is 0 Å². The quantitative estimate of drug-likeness (QED) is 0.370. The van der Waals surface area contributed by atoms with Crippen LogP contribution in [0.2, 0.25) is 5.02 Å². The molecule has 6 nitrogen and oxygen atoms in total. The van der Waals surface area contributed by atoms with Gasteiger partial charge in [-0.15, -0.1) is 12.6 Å². The number of rotatable bonds is 4. The van der Waals surface area contributed by atoms with Crippen molar-refractivity contribution in [3.8, 4) is 0 Å². The molecule has 0 unspecified atom stereocenters. The summed E-state index contributed by atoms with van der Waals surface area (Å²) in [7, 11) is 0. The summed E-state index contributed by atoms with van der Waals surface area (Å²) in [4.78, 5) is 17.2. The van der Waals surface area contributed by atoms with Crippen LogP contribution in [-0.4, -0.2) is 19.9 Å². The Balaban J connectivity index is 1.68. The van der Waals surface area contributed by atoms with Crippen molar-refractivity contribution >= 4 is 58.5 Å². The second-order valence-electron chi connectivity index (χ2n) is 5.73. The molecule has 8 heteroatoms. The van der Waals surface area contributed by atoms with Crippen molar-refractivity contribution in [3.05, 3.63) is 59.4 Å². The van der Waals surface area contributed by atoms with E-state index in [2.05, 4.69) is 43.2 Å². The summed E-state index contributed by atoms with van der Waals surface area (Å²) in [5, 5.41) is 7.10. The highest BCUT2D eigenvalue weighted by Crippen LogP contribution is 2.29. The number of H-pyrrole nitrogens is 1.